The van der Waals surface area contributed by atoms with Gasteiger partial charge in [-0.1, -0.05) is 84.9 Å². The molecule has 2 heterocycles. The van der Waals surface area contributed by atoms with Crippen molar-refractivity contribution < 1.29 is 26.6 Å². The van der Waals surface area contributed by atoms with Crippen LogP contribution in [-0.2, 0) is 37.8 Å². The van der Waals surface area contributed by atoms with Crippen molar-refractivity contribution in [2.75, 3.05) is 0 Å². The largest absolute Gasteiger partial charge is 2.00 e. The zero-order chi connectivity index (χ0) is 24.6. The molecule has 10 radical (unpaired) electrons. The van der Waals surface area contributed by atoms with E-state index >= 15 is 0 Å². The number of rotatable bonds is 4. The number of carbonyl (C=O) groups is 1. The van der Waals surface area contributed by atoms with E-state index in [0.717, 1.165) is 22.6 Å². The fourth-order valence-electron chi connectivity index (χ4n) is 6.21. The Labute approximate surface area is 232 Å². The molecule has 4 aliphatic rings. The summed E-state index contributed by atoms with van der Waals surface area (Å²) in [5.74, 6) is 2.46. The Morgan fingerprint density at radius 2 is 1.24 bits per heavy atom. The number of hydrogen-bond acceptors (Lipinski definition) is 2. The third kappa shape index (κ3) is 4.24. The Hall–Kier alpha value is -2.19. The van der Waals surface area contributed by atoms with Crippen molar-refractivity contribution in [3.05, 3.63) is 170 Å². The number of benzene rings is 3. The van der Waals surface area contributed by atoms with Crippen molar-refractivity contribution in [1.82, 2.24) is 0 Å². The van der Waals surface area contributed by atoms with E-state index in [-0.39, 0.29) is 28.8 Å². The van der Waals surface area contributed by atoms with Crippen LogP contribution in [0, 0.1) is 69.1 Å². The molecule has 3 aromatic carbocycles. The molecule has 3 atom stereocenters. The SMILES string of the molecule is CC(=O)C[C@H]1[C]2[CH][CH][CH][C]2[C@]2(c3ccccc3)O[C@@]1(c1ccccc1)c1ccccc12.[CH]1[CH][CH][CH][CH]1.[Fe+2]. The predicted molar refractivity (Wildman–Crippen MR) is 142 cm³/mol. The second kappa shape index (κ2) is 10.9. The molecule has 0 spiro atoms. The molecule has 3 fully saturated rings. The molecule has 37 heavy (non-hydrogen) atoms. The van der Waals surface area contributed by atoms with Crippen molar-refractivity contribution in [2.45, 2.75) is 24.5 Å². The molecule has 3 aromatic rings. The van der Waals surface area contributed by atoms with E-state index in [4.69, 9.17) is 4.74 Å². The smallest absolute Gasteiger partial charge is 0.349 e. The molecule has 2 nitrogen and oxygen atoms in total. The van der Waals surface area contributed by atoms with E-state index in [1.165, 1.54) is 11.5 Å². The molecule has 1 saturated heterocycles. The van der Waals surface area contributed by atoms with Crippen LogP contribution in [0.5, 0.6) is 0 Å². The summed E-state index contributed by atoms with van der Waals surface area (Å²) in [6.07, 6.45) is 16.9. The van der Waals surface area contributed by atoms with Crippen LogP contribution in [-0.4, -0.2) is 5.78 Å². The molecule has 7 rings (SSSR count). The second-order valence-electron chi connectivity index (χ2n) is 9.61. The first-order valence-corrected chi connectivity index (χ1v) is 12.5. The quantitative estimate of drug-likeness (QED) is 0.359. The molecule has 2 aliphatic heterocycles. The summed E-state index contributed by atoms with van der Waals surface area (Å²) in [5.41, 5.74) is 3.13. The van der Waals surface area contributed by atoms with Crippen molar-refractivity contribution >= 4 is 5.78 Å². The minimum Gasteiger partial charge on any atom is -0.349 e. The van der Waals surface area contributed by atoms with Gasteiger partial charge >= 0.3 is 17.1 Å². The fraction of sp³-hybridized carbons (Fsp3) is 0.147. The molecule has 2 aliphatic carbocycles. The zero-order valence-corrected chi connectivity index (χ0v) is 21.8. The van der Waals surface area contributed by atoms with Gasteiger partial charge in [0.05, 0.1) is 0 Å². The Morgan fingerprint density at radius 3 is 1.84 bits per heavy atom. The fourth-order valence-corrected chi connectivity index (χ4v) is 6.21. The van der Waals surface area contributed by atoms with Crippen LogP contribution in [0.2, 0.25) is 0 Å². The van der Waals surface area contributed by atoms with Gasteiger partial charge in [-0.15, -0.1) is 0 Å². The van der Waals surface area contributed by atoms with Gasteiger partial charge in [0.15, 0.2) is 0 Å². The number of carbonyl (C=O) groups excluding carboxylic acids is 1. The Morgan fingerprint density at radius 1 is 0.703 bits per heavy atom. The van der Waals surface area contributed by atoms with Crippen molar-refractivity contribution in [3.8, 4) is 0 Å². The minimum absolute atomic E-state index is 0. The normalized spacial score (nSPS) is 28.0. The van der Waals surface area contributed by atoms with Crippen LogP contribution in [0.25, 0.3) is 0 Å². The maximum atomic E-state index is 12.5. The Kier molecular flexibility index (Phi) is 7.78. The van der Waals surface area contributed by atoms with Gasteiger partial charge in [0.1, 0.15) is 17.0 Å². The molecule has 2 bridgehead atoms. The molecular formula is C34H28FeO2+2. The van der Waals surface area contributed by atoms with E-state index in [1.54, 1.807) is 6.92 Å². The van der Waals surface area contributed by atoms with Gasteiger partial charge in [-0.05, 0) is 86.5 Å². The maximum absolute atomic E-state index is 12.5. The van der Waals surface area contributed by atoms with Gasteiger partial charge in [-0.25, -0.2) is 0 Å². The predicted octanol–water partition coefficient (Wildman–Crippen LogP) is 6.61. The van der Waals surface area contributed by atoms with Crippen LogP contribution < -0.4 is 0 Å². The molecule has 3 heteroatoms. The molecule has 0 unspecified atom stereocenters. The van der Waals surface area contributed by atoms with E-state index in [0.29, 0.717) is 6.42 Å². The summed E-state index contributed by atoms with van der Waals surface area (Å²) in [6.45, 7) is 1.68. The van der Waals surface area contributed by atoms with Crippen LogP contribution >= 0.6 is 0 Å². The summed E-state index contributed by atoms with van der Waals surface area (Å²) in [4.78, 5) is 12.5. The van der Waals surface area contributed by atoms with E-state index < -0.39 is 11.2 Å². The number of hydrogen-bond donors (Lipinski definition) is 0. The Bertz CT molecular complexity index is 1200. The summed E-state index contributed by atoms with van der Waals surface area (Å²) < 4.78 is 7.36. The summed E-state index contributed by atoms with van der Waals surface area (Å²) in [5, 5.41) is 0. The standard InChI is InChI=1S/C29H23O2.C5H5.Fe/c1-20(30)19-27-23-15-10-18-24(23)28(21-11-4-2-5-12-21)25-16-8-9-17-26(25)29(27,31-28)22-13-6-3-7-14-22;1-2-4-5-3-1;/h2-18,27H,19H2,1H3;1-5H;/q;;+2/t27-,28-,29-;;/m0../s1. The monoisotopic (exact) mass is 524 g/mol. The number of Topliss-reactive ketones (excluding diaryl/α,β-unsaturated/α-hetero) is 1. The number of fused-ring (bicyclic) bond motifs is 7. The van der Waals surface area contributed by atoms with Crippen LogP contribution in [0.4, 0.5) is 0 Å². The summed E-state index contributed by atoms with van der Waals surface area (Å²) in [6, 6.07) is 29.5. The average molecular weight is 524 g/mol. The Balaban J connectivity index is 0.000000421. The van der Waals surface area contributed by atoms with Crippen molar-refractivity contribution in [3.63, 3.8) is 0 Å². The molecule has 0 N–H and O–H groups in total. The van der Waals surface area contributed by atoms with E-state index in [9.17, 15) is 4.79 Å². The summed E-state index contributed by atoms with van der Waals surface area (Å²) in [7, 11) is 0. The maximum Gasteiger partial charge on any atom is 2.00 e. The van der Waals surface area contributed by atoms with Gasteiger partial charge in [0, 0.05) is 18.3 Å². The van der Waals surface area contributed by atoms with Crippen LogP contribution in [0.1, 0.15) is 35.6 Å². The third-order valence-electron chi connectivity index (χ3n) is 7.55. The molecule has 0 aromatic heterocycles. The van der Waals surface area contributed by atoms with Crippen molar-refractivity contribution in [1.29, 1.82) is 0 Å². The van der Waals surface area contributed by atoms with E-state index in [1.807, 2.05) is 44.2 Å². The van der Waals surface area contributed by atoms with Gasteiger partial charge in [-0.3, -0.25) is 0 Å². The topological polar surface area (TPSA) is 26.3 Å². The van der Waals surface area contributed by atoms with Crippen LogP contribution in [0.15, 0.2) is 84.9 Å². The van der Waals surface area contributed by atoms with Gasteiger partial charge in [0.2, 0.25) is 0 Å². The number of ketones is 1. The first-order valence-electron chi connectivity index (χ1n) is 12.5. The second-order valence-corrected chi connectivity index (χ2v) is 9.61. The molecule has 0 amide bonds. The first-order chi connectivity index (χ1) is 17.7. The average Bonchev–Trinajstić information content (AvgIpc) is 3.70. The third-order valence-corrected chi connectivity index (χ3v) is 7.55. The van der Waals surface area contributed by atoms with Crippen LogP contribution in [0.3, 0.4) is 0 Å². The minimum atomic E-state index is -0.722. The van der Waals surface area contributed by atoms with E-state index in [2.05, 4.69) is 92.1 Å². The van der Waals surface area contributed by atoms with Gasteiger partial charge in [0.25, 0.3) is 0 Å². The summed E-state index contributed by atoms with van der Waals surface area (Å²) >= 11 is 0. The van der Waals surface area contributed by atoms with Crippen molar-refractivity contribution in [2.24, 2.45) is 5.92 Å². The first kappa shape index (κ1) is 26.4. The van der Waals surface area contributed by atoms with Gasteiger partial charge in [-0.2, -0.15) is 0 Å². The van der Waals surface area contributed by atoms with Gasteiger partial charge < -0.3 is 9.53 Å². The zero-order valence-electron chi connectivity index (χ0n) is 20.7. The molecule has 2 saturated carbocycles. The number of ether oxygens (including phenoxy) is 1. The molecule has 182 valence electrons. The molecular weight excluding hydrogens is 496 g/mol.